The lowest BCUT2D eigenvalue weighted by atomic mass is 10.0. The van der Waals surface area contributed by atoms with Crippen LogP contribution in [0.1, 0.15) is 139 Å². The predicted molar refractivity (Wildman–Crippen MR) is 170 cm³/mol. The standard InChI is InChI=1S/C12H15N3O.C9H20.C6H12O2.C4H8.C2H6/c1-4-5-6-14-10-7-12(16-3)9(2)15-11(10)8-13;1-4-6-7-8-9(3)5-2;1-5(7)8-6(2,3)4;1-3-4-2;1-2/h6-7H,4-5H2,1-3H3;9H,4-8H2,1-3H3;1-4H3;3H,1,4H2,2H3;1-2H3. The number of carbonyl (C=O) groups is 1. The van der Waals surface area contributed by atoms with Crippen LogP contribution >= 0.6 is 0 Å². The van der Waals surface area contributed by atoms with Gasteiger partial charge in [0.15, 0.2) is 5.69 Å². The van der Waals surface area contributed by atoms with Crippen LogP contribution in [0.3, 0.4) is 0 Å². The minimum absolute atomic E-state index is 0.225. The van der Waals surface area contributed by atoms with Crippen LogP contribution in [0.15, 0.2) is 23.7 Å². The summed E-state index contributed by atoms with van der Waals surface area (Å²) in [5.74, 6) is 1.39. The quantitative estimate of drug-likeness (QED) is 0.126. The van der Waals surface area contributed by atoms with Gasteiger partial charge in [0.1, 0.15) is 23.1 Å². The summed E-state index contributed by atoms with van der Waals surface area (Å²) in [6.45, 7) is 27.2. The summed E-state index contributed by atoms with van der Waals surface area (Å²) < 4.78 is 9.94. The first kappa shape index (κ1) is 43.4. The molecule has 6 nitrogen and oxygen atoms in total. The Morgan fingerprint density at radius 2 is 1.74 bits per heavy atom. The second kappa shape index (κ2) is 29.9. The highest BCUT2D eigenvalue weighted by Gasteiger charge is 2.11. The zero-order valence-electron chi connectivity index (χ0n) is 27.7. The molecule has 1 aromatic heterocycles. The summed E-state index contributed by atoms with van der Waals surface area (Å²) in [7, 11) is 1.58. The molecule has 1 atom stereocenters. The van der Waals surface area contributed by atoms with Crippen molar-refractivity contribution >= 4 is 17.9 Å². The lowest BCUT2D eigenvalue weighted by molar-refractivity contribution is -0.151. The number of ether oxygens (including phenoxy) is 2. The lowest BCUT2D eigenvalue weighted by Crippen LogP contribution is -2.21. The number of esters is 1. The number of pyridine rings is 1. The van der Waals surface area contributed by atoms with Gasteiger partial charge >= 0.3 is 5.97 Å². The molecule has 0 radical (unpaired) electrons. The molecule has 1 rings (SSSR count). The second-order valence-corrected chi connectivity index (χ2v) is 9.77. The van der Waals surface area contributed by atoms with E-state index in [9.17, 15) is 4.79 Å². The Morgan fingerprint density at radius 3 is 2.08 bits per heavy atom. The van der Waals surface area contributed by atoms with E-state index in [0.717, 1.165) is 25.2 Å². The highest BCUT2D eigenvalue weighted by atomic mass is 16.6. The Bertz CT molecular complexity index is 791. The van der Waals surface area contributed by atoms with Crippen molar-refractivity contribution in [2.24, 2.45) is 10.9 Å². The molecule has 1 heterocycles. The molecule has 0 saturated heterocycles. The number of hydrogen-bond acceptors (Lipinski definition) is 6. The predicted octanol–water partition coefficient (Wildman–Crippen LogP) is 10.3. The molecule has 0 fully saturated rings. The number of rotatable bonds is 10. The van der Waals surface area contributed by atoms with Crippen LogP contribution in [0.25, 0.3) is 0 Å². The van der Waals surface area contributed by atoms with E-state index >= 15 is 0 Å². The summed E-state index contributed by atoms with van der Waals surface area (Å²) in [6, 6.07) is 3.78. The van der Waals surface area contributed by atoms with Crippen molar-refractivity contribution in [1.29, 1.82) is 5.26 Å². The summed E-state index contributed by atoms with van der Waals surface area (Å²) in [5, 5.41) is 8.94. The number of hydrogen-bond donors (Lipinski definition) is 0. The Labute approximate surface area is 242 Å². The number of carbonyl (C=O) groups excluding carboxylic acids is 1. The van der Waals surface area contributed by atoms with Gasteiger partial charge in [-0.1, -0.05) is 93.1 Å². The number of nitrogens with zero attached hydrogens (tertiary/aromatic N) is 3. The van der Waals surface area contributed by atoms with Gasteiger partial charge in [0.05, 0.1) is 12.8 Å². The van der Waals surface area contributed by atoms with Crippen LogP contribution in [0.2, 0.25) is 0 Å². The molecule has 6 heteroatoms. The number of aromatic nitrogens is 1. The molecule has 0 saturated carbocycles. The highest BCUT2D eigenvalue weighted by Crippen LogP contribution is 2.25. The number of methoxy groups -OCH3 is 1. The van der Waals surface area contributed by atoms with Gasteiger partial charge in [0.2, 0.25) is 0 Å². The van der Waals surface area contributed by atoms with Crippen LogP contribution in [0.4, 0.5) is 5.69 Å². The molecule has 0 aliphatic heterocycles. The van der Waals surface area contributed by atoms with E-state index in [1.54, 1.807) is 26.3 Å². The van der Waals surface area contributed by atoms with Crippen molar-refractivity contribution in [1.82, 2.24) is 4.98 Å². The number of allylic oxidation sites excluding steroid dienone is 1. The minimum atomic E-state index is -0.328. The topological polar surface area (TPSA) is 84.6 Å². The van der Waals surface area contributed by atoms with E-state index in [1.165, 1.54) is 39.0 Å². The second-order valence-electron chi connectivity index (χ2n) is 9.77. The fraction of sp³-hybridized carbons (Fsp3) is 0.697. The summed E-state index contributed by atoms with van der Waals surface area (Å²) in [6.07, 6.45) is 13.7. The molecule has 226 valence electrons. The highest BCUT2D eigenvalue weighted by molar-refractivity contribution is 5.67. The first-order chi connectivity index (χ1) is 18.4. The number of nitriles is 1. The number of aryl methyl sites for hydroxylation is 1. The van der Waals surface area contributed by atoms with Crippen LogP contribution in [-0.4, -0.2) is 29.9 Å². The molecule has 1 aromatic rings. The Balaban J connectivity index is -0.000000228. The molecule has 0 bridgehead atoms. The first-order valence-electron chi connectivity index (χ1n) is 14.7. The monoisotopic (exact) mass is 547 g/mol. The average Bonchev–Trinajstić information content (AvgIpc) is 2.90. The third-order valence-corrected chi connectivity index (χ3v) is 4.86. The van der Waals surface area contributed by atoms with E-state index < -0.39 is 0 Å². The maximum Gasteiger partial charge on any atom is 0.303 e. The molecular formula is C33H61N3O3. The summed E-state index contributed by atoms with van der Waals surface area (Å²) in [5.41, 5.74) is 1.28. The van der Waals surface area contributed by atoms with Crippen LogP contribution in [-0.2, 0) is 9.53 Å². The van der Waals surface area contributed by atoms with Gasteiger partial charge in [-0.15, -0.1) is 6.58 Å². The molecule has 0 aliphatic rings. The molecule has 0 aromatic carbocycles. The Kier molecular flexibility index (Phi) is 33.2. The lowest BCUT2D eigenvalue weighted by Gasteiger charge is -2.17. The van der Waals surface area contributed by atoms with Gasteiger partial charge in [0, 0.05) is 19.2 Å². The fourth-order valence-corrected chi connectivity index (χ4v) is 2.63. The average molecular weight is 548 g/mol. The molecule has 1 unspecified atom stereocenters. The van der Waals surface area contributed by atoms with Crippen molar-refractivity contribution in [3.05, 3.63) is 30.1 Å². The zero-order chi connectivity index (χ0) is 31.3. The smallest absolute Gasteiger partial charge is 0.303 e. The molecule has 0 aliphatic carbocycles. The van der Waals surface area contributed by atoms with Crippen LogP contribution in [0, 0.1) is 24.2 Å². The van der Waals surface area contributed by atoms with Crippen LogP contribution in [0.5, 0.6) is 5.75 Å². The van der Waals surface area contributed by atoms with Gasteiger partial charge in [-0.2, -0.15) is 5.26 Å². The van der Waals surface area contributed by atoms with E-state index in [2.05, 4.69) is 51.2 Å². The third-order valence-electron chi connectivity index (χ3n) is 4.86. The molecule has 0 spiro atoms. The molecule has 0 N–H and O–H groups in total. The van der Waals surface area contributed by atoms with Gasteiger partial charge in [-0.25, -0.2) is 4.98 Å². The largest absolute Gasteiger partial charge is 0.495 e. The fourth-order valence-electron chi connectivity index (χ4n) is 2.63. The molecule has 0 amide bonds. The van der Waals surface area contributed by atoms with Gasteiger partial charge in [0.25, 0.3) is 0 Å². The Morgan fingerprint density at radius 1 is 1.18 bits per heavy atom. The third kappa shape index (κ3) is 31.4. The number of aliphatic imine (C=N–C) groups is 1. The first-order valence-corrected chi connectivity index (χ1v) is 14.7. The van der Waals surface area contributed by atoms with Gasteiger partial charge in [-0.05, 0) is 46.5 Å². The van der Waals surface area contributed by atoms with Crippen molar-refractivity contribution in [3.63, 3.8) is 0 Å². The minimum Gasteiger partial charge on any atom is -0.495 e. The van der Waals surface area contributed by atoms with Crippen molar-refractivity contribution in [2.75, 3.05) is 7.11 Å². The van der Waals surface area contributed by atoms with Crippen LogP contribution < -0.4 is 4.74 Å². The molecular weight excluding hydrogens is 486 g/mol. The van der Waals surface area contributed by atoms with Gasteiger partial charge < -0.3 is 9.47 Å². The zero-order valence-corrected chi connectivity index (χ0v) is 27.7. The van der Waals surface area contributed by atoms with E-state index in [0.29, 0.717) is 22.8 Å². The number of unbranched alkanes of at least 4 members (excludes halogenated alkanes) is 3. The summed E-state index contributed by atoms with van der Waals surface area (Å²) >= 11 is 0. The van der Waals surface area contributed by atoms with Crippen molar-refractivity contribution < 1.29 is 14.3 Å². The summed E-state index contributed by atoms with van der Waals surface area (Å²) in [4.78, 5) is 18.6. The SMILES string of the molecule is C=CCC.CC.CC(=O)OC(C)(C)C.CCCC=Nc1cc(OC)c(C)nc1C#N.CCCCCC(C)CC. The van der Waals surface area contributed by atoms with E-state index in [-0.39, 0.29) is 11.6 Å². The Hall–Kier alpha value is -2.68. The van der Waals surface area contributed by atoms with Crippen molar-refractivity contribution in [3.8, 4) is 11.8 Å². The van der Waals surface area contributed by atoms with E-state index in [4.69, 9.17) is 14.7 Å². The van der Waals surface area contributed by atoms with Gasteiger partial charge in [-0.3, -0.25) is 9.79 Å². The molecule has 39 heavy (non-hydrogen) atoms. The maximum atomic E-state index is 10.2. The maximum absolute atomic E-state index is 10.2. The van der Waals surface area contributed by atoms with E-state index in [1.807, 2.05) is 46.8 Å². The van der Waals surface area contributed by atoms with Crippen molar-refractivity contribution in [2.45, 2.75) is 140 Å². The normalized spacial score (nSPS) is 10.5.